The number of likely N-dealkylation sites (tertiary alicyclic amines) is 1. The number of benzene rings is 1. The summed E-state index contributed by atoms with van der Waals surface area (Å²) in [6.07, 6.45) is 1.80. The van der Waals surface area contributed by atoms with E-state index in [-0.39, 0.29) is 23.7 Å². The summed E-state index contributed by atoms with van der Waals surface area (Å²) in [6, 6.07) is 15.1. The Labute approximate surface area is 172 Å². The SMILES string of the molecule is N#CC1CN(C(=O)c2ccc(-c3cccc4nc(N)nn34)cc2)C1.O=C(O)C1CC1. The number of carbonyl (C=O) groups excluding carboxylic acids is 1. The number of nitrogens with zero attached hydrogens (tertiary/aromatic N) is 5. The lowest BCUT2D eigenvalue weighted by molar-refractivity contribution is -0.138. The van der Waals surface area contributed by atoms with Gasteiger partial charge in [0.15, 0.2) is 5.65 Å². The number of hydrogen-bond donors (Lipinski definition) is 2. The minimum Gasteiger partial charge on any atom is -0.481 e. The Bertz CT molecular complexity index is 1140. The van der Waals surface area contributed by atoms with Crippen LogP contribution in [0.4, 0.5) is 5.95 Å². The van der Waals surface area contributed by atoms with E-state index in [1.54, 1.807) is 21.5 Å². The molecule has 2 aliphatic rings. The maximum atomic E-state index is 12.3. The Morgan fingerprint density at radius 2 is 1.83 bits per heavy atom. The molecule has 1 saturated carbocycles. The van der Waals surface area contributed by atoms with Crippen LogP contribution in [0.25, 0.3) is 16.9 Å². The number of carboxylic acids is 1. The molecular weight excluding hydrogens is 384 g/mol. The van der Waals surface area contributed by atoms with Crippen LogP contribution in [0.1, 0.15) is 23.2 Å². The summed E-state index contributed by atoms with van der Waals surface area (Å²) in [7, 11) is 0. The molecule has 1 amide bonds. The van der Waals surface area contributed by atoms with Crippen LogP contribution in [0.3, 0.4) is 0 Å². The molecule has 5 rings (SSSR count). The zero-order valence-electron chi connectivity index (χ0n) is 16.1. The van der Waals surface area contributed by atoms with Crippen molar-refractivity contribution in [3.63, 3.8) is 0 Å². The summed E-state index contributed by atoms with van der Waals surface area (Å²) in [5, 5.41) is 21.0. The van der Waals surface area contributed by atoms with E-state index >= 15 is 0 Å². The van der Waals surface area contributed by atoms with Gasteiger partial charge >= 0.3 is 5.97 Å². The third kappa shape index (κ3) is 3.93. The van der Waals surface area contributed by atoms with Gasteiger partial charge in [-0.3, -0.25) is 9.59 Å². The maximum absolute atomic E-state index is 12.3. The van der Waals surface area contributed by atoms with Crippen LogP contribution in [0, 0.1) is 23.2 Å². The van der Waals surface area contributed by atoms with E-state index in [1.807, 2.05) is 30.3 Å². The molecule has 3 N–H and O–H groups in total. The molecule has 0 spiro atoms. The van der Waals surface area contributed by atoms with Crippen molar-refractivity contribution in [2.24, 2.45) is 11.8 Å². The van der Waals surface area contributed by atoms with Crippen molar-refractivity contribution in [2.45, 2.75) is 12.8 Å². The molecule has 1 aliphatic heterocycles. The van der Waals surface area contributed by atoms with Crippen molar-refractivity contribution < 1.29 is 14.7 Å². The molecular formula is C21H20N6O3. The second-order valence-corrected chi connectivity index (χ2v) is 7.38. The Kier molecular flexibility index (Phi) is 5.06. The molecule has 3 heterocycles. The molecule has 2 aromatic heterocycles. The van der Waals surface area contributed by atoms with Gasteiger partial charge in [0.05, 0.1) is 23.6 Å². The van der Waals surface area contributed by atoms with Crippen LogP contribution in [0.5, 0.6) is 0 Å². The molecule has 9 heteroatoms. The number of pyridine rings is 1. The summed E-state index contributed by atoms with van der Waals surface area (Å²) < 4.78 is 1.68. The summed E-state index contributed by atoms with van der Waals surface area (Å²) in [5.41, 5.74) is 8.72. The summed E-state index contributed by atoms with van der Waals surface area (Å²) in [6.45, 7) is 1.02. The third-order valence-electron chi connectivity index (χ3n) is 5.08. The number of nitrogen functional groups attached to an aromatic ring is 1. The van der Waals surface area contributed by atoms with Gasteiger partial charge in [-0.15, -0.1) is 5.10 Å². The number of hydrogen-bond acceptors (Lipinski definition) is 6. The van der Waals surface area contributed by atoms with E-state index in [2.05, 4.69) is 16.2 Å². The van der Waals surface area contributed by atoms with Gasteiger partial charge in [-0.25, -0.2) is 4.52 Å². The molecule has 152 valence electrons. The van der Waals surface area contributed by atoms with Crippen LogP contribution in [0.15, 0.2) is 42.5 Å². The number of aromatic nitrogens is 3. The minimum absolute atomic E-state index is 0.0185. The first kappa shape index (κ1) is 19.4. The first-order chi connectivity index (χ1) is 14.5. The standard InChI is InChI=1S/C17H14N6O.C4H6O2/c18-8-11-9-22(10-11)16(24)13-6-4-12(5-7-13)14-2-1-3-15-20-17(19)21-23(14)15;5-4(6)3-1-2-3/h1-7,11H,9-10H2,(H2,19,21);3H,1-2H2,(H,5,6). The summed E-state index contributed by atoms with van der Waals surface area (Å²) in [5.74, 6) is -0.473. The van der Waals surface area contributed by atoms with E-state index in [1.165, 1.54) is 0 Å². The highest BCUT2D eigenvalue weighted by Gasteiger charge is 2.31. The normalized spacial score (nSPS) is 15.6. The smallest absolute Gasteiger partial charge is 0.306 e. The van der Waals surface area contributed by atoms with Crippen LogP contribution in [-0.2, 0) is 4.79 Å². The van der Waals surface area contributed by atoms with Crippen molar-refractivity contribution in [3.8, 4) is 17.3 Å². The minimum atomic E-state index is -0.630. The van der Waals surface area contributed by atoms with Gasteiger partial charge < -0.3 is 15.7 Å². The summed E-state index contributed by atoms with van der Waals surface area (Å²) >= 11 is 0. The Balaban J connectivity index is 0.000000313. The van der Waals surface area contributed by atoms with Gasteiger partial charge in [-0.05, 0) is 37.1 Å². The van der Waals surface area contributed by atoms with Gasteiger partial charge in [0.2, 0.25) is 5.95 Å². The van der Waals surface area contributed by atoms with Crippen molar-refractivity contribution in [1.82, 2.24) is 19.5 Å². The van der Waals surface area contributed by atoms with Crippen LogP contribution >= 0.6 is 0 Å². The maximum Gasteiger partial charge on any atom is 0.306 e. The molecule has 0 bridgehead atoms. The first-order valence-electron chi connectivity index (χ1n) is 9.59. The zero-order chi connectivity index (χ0) is 21.3. The highest BCUT2D eigenvalue weighted by atomic mass is 16.4. The topological polar surface area (TPSA) is 138 Å². The van der Waals surface area contributed by atoms with Gasteiger partial charge in [-0.1, -0.05) is 18.2 Å². The van der Waals surface area contributed by atoms with Gasteiger partial charge in [0, 0.05) is 24.2 Å². The predicted octanol–water partition coefficient (Wildman–Crippen LogP) is 2.06. The number of carbonyl (C=O) groups is 2. The molecule has 0 unspecified atom stereocenters. The number of nitrogens with two attached hydrogens (primary N) is 1. The Hall–Kier alpha value is -3.93. The van der Waals surface area contributed by atoms with Crippen molar-refractivity contribution >= 4 is 23.5 Å². The summed E-state index contributed by atoms with van der Waals surface area (Å²) in [4.78, 5) is 27.9. The monoisotopic (exact) mass is 404 g/mol. The molecule has 2 fully saturated rings. The highest BCUT2D eigenvalue weighted by Crippen LogP contribution is 2.28. The van der Waals surface area contributed by atoms with Gasteiger partial charge in [0.1, 0.15) is 0 Å². The fourth-order valence-electron chi connectivity index (χ4n) is 3.16. The lowest BCUT2D eigenvalue weighted by atomic mass is 10.00. The number of fused-ring (bicyclic) bond motifs is 1. The molecule has 0 atom stereocenters. The predicted molar refractivity (Wildman–Crippen MR) is 108 cm³/mol. The average molecular weight is 404 g/mol. The molecule has 1 aliphatic carbocycles. The molecule has 30 heavy (non-hydrogen) atoms. The van der Waals surface area contributed by atoms with E-state index in [4.69, 9.17) is 16.1 Å². The quantitative estimate of drug-likeness (QED) is 0.681. The fourth-order valence-corrected chi connectivity index (χ4v) is 3.16. The van der Waals surface area contributed by atoms with E-state index < -0.39 is 5.97 Å². The lowest BCUT2D eigenvalue weighted by Gasteiger charge is -2.35. The highest BCUT2D eigenvalue weighted by molar-refractivity contribution is 5.95. The van der Waals surface area contributed by atoms with E-state index in [0.717, 1.165) is 24.1 Å². The second kappa shape index (κ2) is 7.83. The number of amides is 1. The van der Waals surface area contributed by atoms with Gasteiger partial charge in [-0.2, -0.15) is 10.2 Å². The molecule has 1 aromatic carbocycles. The van der Waals surface area contributed by atoms with Crippen LogP contribution < -0.4 is 5.73 Å². The van der Waals surface area contributed by atoms with E-state index in [9.17, 15) is 9.59 Å². The molecule has 9 nitrogen and oxygen atoms in total. The Morgan fingerprint density at radius 3 is 2.40 bits per heavy atom. The average Bonchev–Trinajstić information content (AvgIpc) is 3.49. The zero-order valence-corrected chi connectivity index (χ0v) is 16.1. The largest absolute Gasteiger partial charge is 0.481 e. The number of rotatable bonds is 3. The van der Waals surface area contributed by atoms with Crippen LogP contribution in [-0.4, -0.2) is 49.6 Å². The van der Waals surface area contributed by atoms with E-state index in [0.29, 0.717) is 24.3 Å². The second-order valence-electron chi connectivity index (χ2n) is 7.38. The molecule has 3 aromatic rings. The van der Waals surface area contributed by atoms with Crippen molar-refractivity contribution in [3.05, 3.63) is 48.0 Å². The van der Waals surface area contributed by atoms with Crippen LogP contribution in [0.2, 0.25) is 0 Å². The number of carboxylic acid groups (broad SMARTS) is 1. The van der Waals surface area contributed by atoms with Crippen molar-refractivity contribution in [1.29, 1.82) is 5.26 Å². The number of aliphatic carboxylic acids is 1. The molecule has 0 radical (unpaired) electrons. The number of nitriles is 1. The molecule has 1 saturated heterocycles. The van der Waals surface area contributed by atoms with Gasteiger partial charge in [0.25, 0.3) is 5.91 Å². The first-order valence-corrected chi connectivity index (χ1v) is 9.59. The fraction of sp³-hybridized carbons (Fsp3) is 0.286. The Morgan fingerprint density at radius 1 is 1.13 bits per heavy atom. The lowest BCUT2D eigenvalue weighted by Crippen LogP contribution is -2.49. The number of anilines is 1. The van der Waals surface area contributed by atoms with Crippen molar-refractivity contribution in [2.75, 3.05) is 18.8 Å². The third-order valence-corrected chi connectivity index (χ3v) is 5.08.